The van der Waals surface area contributed by atoms with Gasteiger partial charge >= 0.3 is 6.09 Å². The van der Waals surface area contributed by atoms with Crippen LogP contribution in [0.25, 0.3) is 0 Å². The Morgan fingerprint density at radius 3 is 3.08 bits per heavy atom. The Bertz CT molecular complexity index is 295. The van der Waals surface area contributed by atoms with E-state index in [9.17, 15) is 4.79 Å². The quantitative estimate of drug-likeness (QED) is 0.755. The molecule has 0 aliphatic heterocycles. The number of nitrogens with zero attached hydrogens (tertiary/aromatic N) is 1. The van der Waals surface area contributed by atoms with Gasteiger partial charge in [-0.2, -0.15) is 0 Å². The molecule has 5 heteroatoms. The van der Waals surface area contributed by atoms with Crippen molar-refractivity contribution in [2.24, 2.45) is 0 Å². The fourth-order valence-electron chi connectivity index (χ4n) is 0.895. The molecule has 1 atom stereocenters. The van der Waals surface area contributed by atoms with E-state index < -0.39 is 6.09 Å². The van der Waals surface area contributed by atoms with Crippen LogP contribution in [0.1, 0.15) is 31.9 Å². The third-order valence-corrected chi connectivity index (χ3v) is 1.88. The SMILES string of the molecule is CCC(C)c1cc(NC(=O)O)on1. The molecular weight excluding hydrogens is 172 g/mol. The summed E-state index contributed by atoms with van der Waals surface area (Å²) in [4.78, 5) is 10.2. The molecule has 0 saturated heterocycles. The number of anilines is 1. The summed E-state index contributed by atoms with van der Waals surface area (Å²) in [6, 6.07) is 1.60. The van der Waals surface area contributed by atoms with Crippen molar-refractivity contribution in [2.75, 3.05) is 5.32 Å². The highest BCUT2D eigenvalue weighted by Crippen LogP contribution is 2.20. The molecule has 0 aliphatic carbocycles. The Balaban J connectivity index is 2.68. The molecule has 5 nitrogen and oxygen atoms in total. The molecule has 0 fully saturated rings. The van der Waals surface area contributed by atoms with E-state index in [0.717, 1.165) is 12.1 Å². The first-order valence-electron chi connectivity index (χ1n) is 4.10. The Labute approximate surface area is 75.7 Å². The molecule has 1 aromatic rings. The minimum absolute atomic E-state index is 0.169. The molecule has 1 unspecified atom stereocenters. The van der Waals surface area contributed by atoms with Crippen LogP contribution in [0.5, 0.6) is 0 Å². The maximum atomic E-state index is 10.2. The zero-order chi connectivity index (χ0) is 9.84. The standard InChI is InChI=1S/C8H12N2O3/c1-3-5(2)6-4-7(13-10-6)9-8(11)12/h4-5,9H,3H2,1-2H3,(H,11,12). The van der Waals surface area contributed by atoms with Crippen molar-refractivity contribution in [1.29, 1.82) is 0 Å². The van der Waals surface area contributed by atoms with Crippen LogP contribution in [0.3, 0.4) is 0 Å². The lowest BCUT2D eigenvalue weighted by atomic mass is 10.1. The van der Waals surface area contributed by atoms with Gasteiger partial charge in [-0.05, 0) is 6.42 Å². The number of carbonyl (C=O) groups is 1. The minimum Gasteiger partial charge on any atom is -0.465 e. The van der Waals surface area contributed by atoms with Crippen LogP contribution in [0.2, 0.25) is 0 Å². The van der Waals surface area contributed by atoms with Crippen molar-refractivity contribution in [2.45, 2.75) is 26.2 Å². The molecule has 1 amide bonds. The minimum atomic E-state index is -1.15. The number of aromatic nitrogens is 1. The number of rotatable bonds is 3. The van der Waals surface area contributed by atoms with Gasteiger partial charge in [0.25, 0.3) is 0 Å². The summed E-state index contributed by atoms with van der Waals surface area (Å²) in [7, 11) is 0. The highest BCUT2D eigenvalue weighted by molar-refractivity contribution is 5.80. The van der Waals surface area contributed by atoms with Gasteiger partial charge in [-0.25, -0.2) is 4.79 Å². The van der Waals surface area contributed by atoms with Crippen LogP contribution in [-0.2, 0) is 0 Å². The van der Waals surface area contributed by atoms with Crippen molar-refractivity contribution in [3.8, 4) is 0 Å². The number of carboxylic acid groups (broad SMARTS) is 1. The fourth-order valence-corrected chi connectivity index (χ4v) is 0.895. The summed E-state index contributed by atoms with van der Waals surface area (Å²) in [5, 5.41) is 14.2. The van der Waals surface area contributed by atoms with E-state index in [1.54, 1.807) is 6.07 Å². The zero-order valence-corrected chi connectivity index (χ0v) is 7.57. The molecule has 0 bridgehead atoms. The Morgan fingerprint density at radius 2 is 2.54 bits per heavy atom. The van der Waals surface area contributed by atoms with E-state index >= 15 is 0 Å². The maximum Gasteiger partial charge on any atom is 0.411 e. The second kappa shape index (κ2) is 3.93. The second-order valence-corrected chi connectivity index (χ2v) is 2.86. The maximum absolute atomic E-state index is 10.2. The van der Waals surface area contributed by atoms with Gasteiger partial charge in [-0.1, -0.05) is 19.0 Å². The molecular formula is C8H12N2O3. The van der Waals surface area contributed by atoms with Gasteiger partial charge < -0.3 is 9.63 Å². The molecule has 0 spiro atoms. The van der Waals surface area contributed by atoms with Gasteiger partial charge in [0, 0.05) is 12.0 Å². The third kappa shape index (κ3) is 2.47. The Kier molecular flexibility index (Phi) is 2.89. The monoisotopic (exact) mass is 184 g/mol. The molecule has 1 aromatic heterocycles. The van der Waals surface area contributed by atoms with E-state index in [1.165, 1.54) is 0 Å². The number of hydrogen-bond donors (Lipinski definition) is 2. The van der Waals surface area contributed by atoms with Gasteiger partial charge in [-0.15, -0.1) is 0 Å². The van der Waals surface area contributed by atoms with Crippen LogP contribution >= 0.6 is 0 Å². The van der Waals surface area contributed by atoms with Crippen molar-refractivity contribution in [3.63, 3.8) is 0 Å². The molecule has 0 aliphatic rings. The van der Waals surface area contributed by atoms with Crippen LogP contribution < -0.4 is 5.32 Å². The summed E-state index contributed by atoms with van der Waals surface area (Å²) < 4.78 is 4.76. The lowest BCUT2D eigenvalue weighted by Crippen LogP contribution is -2.05. The third-order valence-electron chi connectivity index (χ3n) is 1.88. The van der Waals surface area contributed by atoms with Crippen molar-refractivity contribution < 1.29 is 14.4 Å². The van der Waals surface area contributed by atoms with Gasteiger partial charge in [0.2, 0.25) is 5.88 Å². The van der Waals surface area contributed by atoms with Crippen LogP contribution in [0.15, 0.2) is 10.6 Å². The molecule has 0 saturated carbocycles. The average Bonchev–Trinajstić information content (AvgIpc) is 2.50. The van der Waals surface area contributed by atoms with E-state index in [2.05, 4.69) is 10.5 Å². The van der Waals surface area contributed by atoms with Crippen molar-refractivity contribution >= 4 is 12.0 Å². The number of amides is 1. The average molecular weight is 184 g/mol. The molecule has 1 heterocycles. The van der Waals surface area contributed by atoms with Gasteiger partial charge in [0.1, 0.15) is 0 Å². The van der Waals surface area contributed by atoms with E-state index in [4.69, 9.17) is 9.63 Å². The molecule has 0 aromatic carbocycles. The predicted octanol–water partition coefficient (Wildman–Crippen LogP) is 2.28. The molecule has 0 radical (unpaired) electrons. The summed E-state index contributed by atoms with van der Waals surface area (Å²) in [5.41, 5.74) is 0.770. The smallest absolute Gasteiger partial charge is 0.411 e. The Morgan fingerprint density at radius 1 is 1.85 bits per heavy atom. The van der Waals surface area contributed by atoms with Crippen LogP contribution in [0.4, 0.5) is 10.7 Å². The van der Waals surface area contributed by atoms with E-state index in [0.29, 0.717) is 0 Å². The normalized spacial score (nSPS) is 12.5. The zero-order valence-electron chi connectivity index (χ0n) is 7.57. The predicted molar refractivity (Wildman–Crippen MR) is 46.9 cm³/mol. The van der Waals surface area contributed by atoms with Crippen LogP contribution in [0, 0.1) is 0 Å². The lowest BCUT2D eigenvalue weighted by molar-refractivity contribution is 0.208. The highest BCUT2D eigenvalue weighted by Gasteiger charge is 2.10. The van der Waals surface area contributed by atoms with Gasteiger partial charge in [0.15, 0.2) is 0 Å². The number of hydrogen-bond acceptors (Lipinski definition) is 3. The summed E-state index contributed by atoms with van der Waals surface area (Å²) in [6.45, 7) is 4.03. The van der Waals surface area contributed by atoms with E-state index in [1.807, 2.05) is 13.8 Å². The molecule has 72 valence electrons. The first-order chi connectivity index (χ1) is 6.13. The molecule has 1 rings (SSSR count). The highest BCUT2D eigenvalue weighted by atomic mass is 16.5. The van der Waals surface area contributed by atoms with Crippen LogP contribution in [-0.4, -0.2) is 16.4 Å². The van der Waals surface area contributed by atoms with Crippen molar-refractivity contribution in [3.05, 3.63) is 11.8 Å². The first kappa shape index (κ1) is 9.57. The van der Waals surface area contributed by atoms with Crippen molar-refractivity contribution in [1.82, 2.24) is 5.16 Å². The molecule has 2 N–H and O–H groups in total. The topological polar surface area (TPSA) is 75.4 Å². The summed E-state index contributed by atoms with van der Waals surface area (Å²) >= 11 is 0. The van der Waals surface area contributed by atoms with Gasteiger partial charge in [0.05, 0.1) is 5.69 Å². The largest absolute Gasteiger partial charge is 0.465 e. The second-order valence-electron chi connectivity index (χ2n) is 2.86. The van der Waals surface area contributed by atoms with Gasteiger partial charge in [-0.3, -0.25) is 5.32 Å². The number of nitrogens with one attached hydrogen (secondary N) is 1. The Hall–Kier alpha value is -1.52. The fraction of sp³-hybridized carbons (Fsp3) is 0.500. The summed E-state index contributed by atoms with van der Waals surface area (Å²) in [5.74, 6) is 0.455. The lowest BCUT2D eigenvalue weighted by Gasteiger charge is -1.99. The summed E-state index contributed by atoms with van der Waals surface area (Å²) in [6.07, 6.45) is -0.203. The van der Waals surface area contributed by atoms with E-state index in [-0.39, 0.29) is 11.8 Å². The molecule has 13 heavy (non-hydrogen) atoms. The first-order valence-corrected chi connectivity index (χ1v) is 4.10.